The van der Waals surface area contributed by atoms with E-state index in [1.165, 1.54) is 15.3 Å². The number of aryl methyl sites for hydroxylation is 2. The number of aromatic nitrogens is 7. The number of morpholine rings is 1. The van der Waals surface area contributed by atoms with Crippen LogP contribution in [0.2, 0.25) is 0 Å². The lowest BCUT2D eigenvalue weighted by Crippen LogP contribution is -2.44. The SMILES string of the molecule is C[C@@H](CCc1cccc2c1n(C)c(=O)n2C1CCC(=O)NC1=O)OC1CCN(CC2CCC(n3cc(NC(=O)c4cnn5ccc(N6C[C@H]7C[C@@H]6CO7)nc45)c(C(F)F)n3)CC2)CC1. The van der Waals surface area contributed by atoms with E-state index in [0.29, 0.717) is 36.5 Å². The van der Waals surface area contributed by atoms with E-state index in [-0.39, 0.29) is 59.7 Å². The molecule has 3 amide bonds. The first kappa shape index (κ1) is 42.4. The van der Waals surface area contributed by atoms with E-state index in [0.717, 1.165) is 94.4 Å². The minimum atomic E-state index is -2.86. The average Bonchev–Trinajstić information content (AvgIpc) is 4.14. The van der Waals surface area contributed by atoms with Crippen molar-refractivity contribution < 1.29 is 32.6 Å². The van der Waals surface area contributed by atoms with Gasteiger partial charge in [-0.3, -0.25) is 33.5 Å². The molecule has 0 radical (unpaired) electrons. The van der Waals surface area contributed by atoms with Gasteiger partial charge in [-0.1, -0.05) is 12.1 Å². The van der Waals surface area contributed by atoms with Crippen LogP contribution in [0.5, 0.6) is 0 Å². The van der Waals surface area contributed by atoms with E-state index in [2.05, 4.69) is 37.6 Å². The summed E-state index contributed by atoms with van der Waals surface area (Å²) in [6, 6.07) is 7.15. The number of imide groups is 1. The quantitative estimate of drug-likeness (QED) is 0.153. The summed E-state index contributed by atoms with van der Waals surface area (Å²) in [7, 11) is 1.73. The predicted octanol–water partition coefficient (Wildman–Crippen LogP) is 4.96. The first-order valence-electron chi connectivity index (χ1n) is 22.8. The number of fused-ring (bicyclic) bond motifs is 4. The third-order valence-electron chi connectivity index (χ3n) is 14.2. The lowest BCUT2D eigenvalue weighted by atomic mass is 9.85. The molecule has 1 unspecified atom stereocenters. The molecule has 1 saturated carbocycles. The van der Waals surface area contributed by atoms with Crippen molar-refractivity contribution in [3.63, 3.8) is 0 Å². The fourth-order valence-electron chi connectivity index (χ4n) is 10.8. The summed E-state index contributed by atoms with van der Waals surface area (Å²) >= 11 is 0. The molecule has 17 nitrogen and oxygen atoms in total. The van der Waals surface area contributed by atoms with Crippen LogP contribution >= 0.6 is 0 Å². The summed E-state index contributed by atoms with van der Waals surface area (Å²) in [5.74, 6) is -0.0931. The molecule has 4 aromatic heterocycles. The van der Waals surface area contributed by atoms with Gasteiger partial charge in [0, 0.05) is 52.0 Å². The molecular weight excluding hydrogens is 829 g/mol. The number of likely N-dealkylation sites (tertiary alicyclic amines) is 1. The Hall–Kier alpha value is -5.53. The van der Waals surface area contributed by atoms with Gasteiger partial charge in [-0.2, -0.15) is 10.2 Å². The van der Waals surface area contributed by atoms with Gasteiger partial charge >= 0.3 is 5.69 Å². The molecule has 5 aromatic rings. The fraction of sp³-hybridized carbons (Fsp3) is 0.578. The lowest BCUT2D eigenvalue weighted by Gasteiger charge is -2.37. The van der Waals surface area contributed by atoms with Crippen molar-refractivity contribution in [2.75, 3.05) is 43.0 Å². The standard InChI is InChI=1S/C45H55F2N11O6/c1-26(6-9-28-4-3-5-35-40(28)53(2)45(62)58(35)36-12-13-38(59)51-44(36)61)64-31-14-17-54(18-15-31)22-27-7-10-29(11-8-27)57-24-34(39(52-57)41(46)47)49-43(60)33-21-48-56-19-16-37(50-42(33)56)55-23-32-20-30(55)25-63-32/h3-5,16,19,21,24,26-27,29-32,36,41H,6-15,17-18,20,22-23,25H2,1-2H3,(H,49,60)(H,51,59,61)/t26-,27?,29?,30+,32+,36?/m0/s1. The van der Waals surface area contributed by atoms with Crippen LogP contribution in [0.25, 0.3) is 16.7 Å². The van der Waals surface area contributed by atoms with Gasteiger partial charge in [0.2, 0.25) is 11.8 Å². The second kappa shape index (κ2) is 17.5. The zero-order chi connectivity index (χ0) is 44.2. The largest absolute Gasteiger partial charge is 0.375 e. The van der Waals surface area contributed by atoms with Crippen LogP contribution in [0.4, 0.5) is 20.3 Å². The van der Waals surface area contributed by atoms with Crippen molar-refractivity contribution in [3.8, 4) is 0 Å². The van der Waals surface area contributed by atoms with E-state index in [1.807, 2.05) is 24.3 Å². The monoisotopic (exact) mass is 883 g/mol. The third kappa shape index (κ3) is 8.21. The van der Waals surface area contributed by atoms with Gasteiger partial charge in [-0.15, -0.1) is 0 Å². The van der Waals surface area contributed by atoms with E-state index in [9.17, 15) is 28.0 Å². The van der Waals surface area contributed by atoms with Gasteiger partial charge < -0.3 is 24.6 Å². The Labute approximate surface area is 368 Å². The number of amides is 3. The van der Waals surface area contributed by atoms with Crippen molar-refractivity contribution in [3.05, 3.63) is 70.2 Å². The Balaban J connectivity index is 0.691. The number of ether oxygens (including phenoxy) is 2. The van der Waals surface area contributed by atoms with Crippen LogP contribution in [-0.2, 0) is 32.5 Å². The van der Waals surface area contributed by atoms with Gasteiger partial charge in [-0.25, -0.2) is 23.1 Å². The first-order valence-corrected chi connectivity index (χ1v) is 22.8. The summed E-state index contributed by atoms with van der Waals surface area (Å²) in [4.78, 5) is 60.8. The zero-order valence-electron chi connectivity index (χ0n) is 36.2. The number of rotatable bonds is 13. The maximum Gasteiger partial charge on any atom is 0.329 e. The summed E-state index contributed by atoms with van der Waals surface area (Å²) in [6.45, 7) is 6.36. The number of benzene rings is 1. The van der Waals surface area contributed by atoms with Crippen molar-refractivity contribution in [1.29, 1.82) is 0 Å². The number of alkyl halides is 2. The molecule has 10 rings (SSSR count). The molecule has 19 heteroatoms. The second-order valence-electron chi connectivity index (χ2n) is 18.4. The fourth-order valence-corrected chi connectivity index (χ4v) is 10.8. The third-order valence-corrected chi connectivity index (χ3v) is 14.2. The Kier molecular flexibility index (Phi) is 11.6. The van der Waals surface area contributed by atoms with Crippen molar-refractivity contribution in [2.24, 2.45) is 13.0 Å². The van der Waals surface area contributed by atoms with Crippen LogP contribution in [0.3, 0.4) is 0 Å². The normalized spacial score (nSPS) is 25.0. The second-order valence-corrected chi connectivity index (χ2v) is 18.4. The zero-order valence-corrected chi connectivity index (χ0v) is 36.2. The number of nitrogens with zero attached hydrogens (tertiary/aromatic N) is 9. The highest BCUT2D eigenvalue weighted by atomic mass is 19.3. The first-order chi connectivity index (χ1) is 31.0. The Bertz CT molecular complexity index is 2620. The highest BCUT2D eigenvalue weighted by Gasteiger charge is 2.40. The number of hydrogen-bond acceptors (Lipinski definition) is 11. The van der Waals surface area contributed by atoms with E-state index in [1.54, 1.807) is 28.7 Å². The van der Waals surface area contributed by atoms with Crippen molar-refractivity contribution in [2.45, 2.75) is 120 Å². The van der Waals surface area contributed by atoms with Crippen LogP contribution in [0.1, 0.15) is 111 Å². The molecule has 5 fully saturated rings. The number of imidazole rings is 1. The number of piperidine rings is 2. The number of nitrogens with one attached hydrogen (secondary N) is 2. The highest BCUT2D eigenvalue weighted by molar-refractivity contribution is 6.08. The van der Waals surface area contributed by atoms with Gasteiger partial charge in [-0.05, 0) is 94.7 Å². The van der Waals surface area contributed by atoms with E-state index in [4.69, 9.17) is 14.5 Å². The maximum atomic E-state index is 14.3. The molecular formula is C45H55F2N11O6. The van der Waals surface area contributed by atoms with Crippen LogP contribution < -0.4 is 21.2 Å². The molecule has 0 spiro atoms. The summed E-state index contributed by atoms with van der Waals surface area (Å²) in [5, 5.41) is 13.7. The Morgan fingerprint density at radius 2 is 1.86 bits per heavy atom. The molecule has 64 heavy (non-hydrogen) atoms. The van der Waals surface area contributed by atoms with E-state index < -0.39 is 30.0 Å². The smallest absolute Gasteiger partial charge is 0.329 e. The molecule has 4 saturated heterocycles. The maximum absolute atomic E-state index is 14.3. The highest BCUT2D eigenvalue weighted by Crippen LogP contribution is 2.37. The molecule has 4 atom stereocenters. The van der Waals surface area contributed by atoms with Gasteiger partial charge in [0.05, 0.1) is 59.9 Å². The number of anilines is 2. The summed E-state index contributed by atoms with van der Waals surface area (Å²) in [5.41, 5.74) is 2.35. The number of para-hydroxylation sites is 1. The molecule has 2 bridgehead atoms. The number of carbonyl (C=O) groups is 3. The average molecular weight is 884 g/mol. The summed E-state index contributed by atoms with van der Waals surface area (Å²) < 4.78 is 47.2. The molecule has 1 aliphatic carbocycles. The van der Waals surface area contributed by atoms with Crippen LogP contribution in [-0.4, -0.2) is 113 Å². The van der Waals surface area contributed by atoms with E-state index >= 15 is 0 Å². The topological polar surface area (TPSA) is 175 Å². The van der Waals surface area contributed by atoms with Crippen molar-refractivity contribution in [1.82, 2.24) is 43.7 Å². The Morgan fingerprint density at radius 1 is 1.05 bits per heavy atom. The number of halogens is 2. The van der Waals surface area contributed by atoms with Crippen molar-refractivity contribution >= 4 is 45.9 Å². The molecule has 2 N–H and O–H groups in total. The predicted molar refractivity (Wildman–Crippen MR) is 232 cm³/mol. The van der Waals surface area contributed by atoms with Gasteiger partial charge in [0.15, 0.2) is 11.3 Å². The number of carbonyl (C=O) groups excluding carboxylic acids is 3. The number of hydrogen-bond donors (Lipinski definition) is 2. The molecule has 1 aromatic carbocycles. The molecule has 5 aliphatic rings. The summed E-state index contributed by atoms with van der Waals surface area (Å²) in [6.07, 6.45) is 10.6. The van der Waals surface area contributed by atoms with Crippen LogP contribution in [0, 0.1) is 5.92 Å². The minimum Gasteiger partial charge on any atom is -0.375 e. The van der Waals surface area contributed by atoms with Gasteiger partial charge in [0.25, 0.3) is 12.3 Å². The Morgan fingerprint density at radius 3 is 2.59 bits per heavy atom. The molecule has 8 heterocycles. The van der Waals surface area contributed by atoms with Crippen LogP contribution in [0.15, 0.2) is 47.7 Å². The molecule has 4 aliphatic heterocycles. The molecule has 340 valence electrons. The lowest BCUT2D eigenvalue weighted by molar-refractivity contribution is -0.135. The minimum absolute atomic E-state index is 0.00271. The van der Waals surface area contributed by atoms with Gasteiger partial charge in [0.1, 0.15) is 17.4 Å².